The zero-order chi connectivity index (χ0) is 15.8. The first-order valence-corrected chi connectivity index (χ1v) is 10.0. The van der Waals surface area contributed by atoms with Crippen LogP contribution in [0.4, 0.5) is 0 Å². The van der Waals surface area contributed by atoms with E-state index in [4.69, 9.17) is 17.3 Å². The molecule has 1 aromatic rings. The lowest BCUT2D eigenvalue weighted by Crippen LogP contribution is -2.49. The smallest absolute Gasteiger partial charge is 0.243 e. The van der Waals surface area contributed by atoms with Crippen LogP contribution in [0.1, 0.15) is 12.5 Å². The van der Waals surface area contributed by atoms with Gasteiger partial charge < -0.3 is 5.73 Å². The molecular weight excluding hydrogens is 336 g/mol. The molecule has 0 aliphatic carbocycles. The highest BCUT2D eigenvalue weighted by Gasteiger charge is 2.36. The van der Waals surface area contributed by atoms with Crippen LogP contribution in [0.3, 0.4) is 0 Å². The second kappa shape index (κ2) is 5.85. The van der Waals surface area contributed by atoms with E-state index in [9.17, 15) is 16.8 Å². The molecule has 6 nitrogen and oxygen atoms in total. The van der Waals surface area contributed by atoms with E-state index >= 15 is 0 Å². The highest BCUT2D eigenvalue weighted by Crippen LogP contribution is 2.26. The molecule has 0 saturated carbocycles. The summed E-state index contributed by atoms with van der Waals surface area (Å²) >= 11 is 6.00. The van der Waals surface area contributed by atoms with Crippen LogP contribution in [-0.4, -0.2) is 45.2 Å². The topological polar surface area (TPSA) is 97.5 Å². The molecule has 0 spiro atoms. The molecule has 2 N–H and O–H groups in total. The molecule has 0 bridgehead atoms. The van der Waals surface area contributed by atoms with Crippen molar-refractivity contribution in [2.75, 3.05) is 18.1 Å². The van der Waals surface area contributed by atoms with E-state index < -0.39 is 25.9 Å². The predicted molar refractivity (Wildman–Crippen MR) is 81.4 cm³/mol. The third kappa shape index (κ3) is 3.40. The molecule has 0 aromatic heterocycles. The zero-order valence-corrected chi connectivity index (χ0v) is 13.9. The van der Waals surface area contributed by atoms with Crippen molar-refractivity contribution in [2.24, 2.45) is 5.73 Å². The fraction of sp³-hybridized carbons (Fsp3) is 0.500. The van der Waals surface area contributed by atoms with Crippen LogP contribution in [0.5, 0.6) is 0 Å². The molecule has 1 aliphatic heterocycles. The number of benzene rings is 1. The Kier molecular flexibility index (Phi) is 4.65. The number of sulfonamides is 1. The van der Waals surface area contributed by atoms with E-state index in [0.717, 1.165) is 0 Å². The Balaban J connectivity index is 2.36. The molecule has 2 rings (SSSR count). The normalized spacial score (nSPS) is 23.1. The van der Waals surface area contributed by atoms with Gasteiger partial charge in [0, 0.05) is 24.2 Å². The summed E-state index contributed by atoms with van der Waals surface area (Å²) in [5.74, 6) is -0.327. The highest BCUT2D eigenvalue weighted by molar-refractivity contribution is 7.92. The van der Waals surface area contributed by atoms with E-state index in [-0.39, 0.29) is 34.5 Å². The third-order valence-corrected chi connectivity index (χ3v) is 7.62. The quantitative estimate of drug-likeness (QED) is 0.859. The zero-order valence-electron chi connectivity index (χ0n) is 11.5. The Hall–Kier alpha value is -0.670. The van der Waals surface area contributed by atoms with Gasteiger partial charge in [0.2, 0.25) is 10.0 Å². The van der Waals surface area contributed by atoms with Gasteiger partial charge in [0.1, 0.15) is 0 Å². The van der Waals surface area contributed by atoms with E-state index in [0.29, 0.717) is 5.56 Å². The monoisotopic (exact) mass is 352 g/mol. The Morgan fingerprint density at radius 1 is 1.43 bits per heavy atom. The summed E-state index contributed by atoms with van der Waals surface area (Å²) < 4.78 is 49.5. The first-order valence-electron chi connectivity index (χ1n) is 6.38. The Labute approximate surface area is 129 Å². The van der Waals surface area contributed by atoms with Gasteiger partial charge in [-0.25, -0.2) is 16.8 Å². The summed E-state index contributed by atoms with van der Waals surface area (Å²) in [6, 6.07) is 3.77. The summed E-state index contributed by atoms with van der Waals surface area (Å²) in [4.78, 5) is 0.0517. The van der Waals surface area contributed by atoms with Gasteiger partial charge in [0.15, 0.2) is 9.84 Å². The molecule has 1 fully saturated rings. The Bertz CT molecular complexity index is 747. The largest absolute Gasteiger partial charge is 0.326 e. The second-order valence-corrected chi connectivity index (χ2v) is 9.56. The molecule has 1 aliphatic rings. The number of nitrogens with two attached hydrogens (primary N) is 1. The molecule has 1 unspecified atom stereocenters. The summed E-state index contributed by atoms with van der Waals surface area (Å²) in [6.45, 7) is 1.77. The summed E-state index contributed by atoms with van der Waals surface area (Å²) in [5, 5.41) is 0.288. The van der Waals surface area contributed by atoms with Crippen LogP contribution in [0.2, 0.25) is 5.02 Å². The van der Waals surface area contributed by atoms with Gasteiger partial charge in [0.05, 0.1) is 16.4 Å². The number of sulfone groups is 1. The average Bonchev–Trinajstić information content (AvgIpc) is 2.36. The van der Waals surface area contributed by atoms with Crippen LogP contribution in [0.25, 0.3) is 0 Å². The average molecular weight is 353 g/mol. The number of hydrogen-bond acceptors (Lipinski definition) is 5. The van der Waals surface area contributed by atoms with Gasteiger partial charge in [-0.05, 0) is 24.6 Å². The molecule has 0 amide bonds. The summed E-state index contributed by atoms with van der Waals surface area (Å²) in [6.07, 6.45) is 0. The molecule has 1 saturated heterocycles. The van der Waals surface area contributed by atoms with E-state index in [2.05, 4.69) is 0 Å². The number of halogens is 1. The fourth-order valence-corrected chi connectivity index (χ4v) is 6.08. The molecule has 1 heterocycles. The van der Waals surface area contributed by atoms with Crippen molar-refractivity contribution < 1.29 is 16.8 Å². The van der Waals surface area contributed by atoms with Gasteiger partial charge in [-0.15, -0.1) is 0 Å². The molecule has 21 heavy (non-hydrogen) atoms. The number of hydrogen-bond donors (Lipinski definition) is 1. The van der Waals surface area contributed by atoms with Gasteiger partial charge in [-0.2, -0.15) is 4.31 Å². The summed E-state index contributed by atoms with van der Waals surface area (Å²) in [7, 11) is -6.94. The maximum atomic E-state index is 12.6. The minimum absolute atomic E-state index is 0.0396. The van der Waals surface area contributed by atoms with Crippen LogP contribution < -0.4 is 5.73 Å². The van der Waals surface area contributed by atoms with Crippen molar-refractivity contribution >= 4 is 31.5 Å². The van der Waals surface area contributed by atoms with Crippen LogP contribution in [-0.2, 0) is 26.4 Å². The van der Waals surface area contributed by atoms with Crippen LogP contribution in [0, 0.1) is 0 Å². The van der Waals surface area contributed by atoms with Crippen molar-refractivity contribution in [2.45, 2.75) is 24.4 Å². The lowest BCUT2D eigenvalue weighted by Gasteiger charge is -2.32. The molecule has 9 heteroatoms. The van der Waals surface area contributed by atoms with Crippen molar-refractivity contribution in [1.82, 2.24) is 4.31 Å². The lowest BCUT2D eigenvalue weighted by molar-refractivity contribution is 0.357. The lowest BCUT2D eigenvalue weighted by atomic mass is 10.2. The predicted octanol–water partition coefficient (Wildman–Crippen LogP) is 0.606. The standard InChI is InChI=1S/C12H17ClN2O4S2/c1-9-8-20(16,17)5-4-15(9)21(18,19)11-3-2-10(7-14)12(13)6-11/h2-3,6,9H,4-5,7-8,14H2,1H3. The minimum atomic E-state index is -3.77. The minimum Gasteiger partial charge on any atom is -0.326 e. The molecule has 1 aromatic carbocycles. The molecule has 0 radical (unpaired) electrons. The maximum absolute atomic E-state index is 12.6. The van der Waals surface area contributed by atoms with E-state index in [1.807, 2.05) is 0 Å². The number of rotatable bonds is 3. The SMILES string of the molecule is CC1CS(=O)(=O)CCN1S(=O)(=O)c1ccc(CN)c(Cl)c1. The van der Waals surface area contributed by atoms with Crippen molar-refractivity contribution in [3.05, 3.63) is 28.8 Å². The Morgan fingerprint density at radius 3 is 2.62 bits per heavy atom. The van der Waals surface area contributed by atoms with Crippen LogP contribution in [0.15, 0.2) is 23.1 Å². The van der Waals surface area contributed by atoms with E-state index in [1.165, 1.54) is 16.4 Å². The third-order valence-electron chi connectivity index (χ3n) is 3.46. The van der Waals surface area contributed by atoms with E-state index in [1.54, 1.807) is 13.0 Å². The van der Waals surface area contributed by atoms with Gasteiger partial charge in [-0.3, -0.25) is 0 Å². The van der Waals surface area contributed by atoms with Gasteiger partial charge in [0.25, 0.3) is 0 Å². The van der Waals surface area contributed by atoms with Gasteiger partial charge >= 0.3 is 0 Å². The second-order valence-electron chi connectivity index (χ2n) is 5.04. The first kappa shape index (κ1) is 16.7. The van der Waals surface area contributed by atoms with Crippen molar-refractivity contribution in [1.29, 1.82) is 0 Å². The molecule has 118 valence electrons. The Morgan fingerprint density at radius 2 is 2.10 bits per heavy atom. The fourth-order valence-electron chi connectivity index (χ4n) is 2.33. The molecular formula is C12H17ClN2O4S2. The first-order chi connectivity index (χ1) is 9.67. The molecule has 1 atom stereocenters. The maximum Gasteiger partial charge on any atom is 0.243 e. The van der Waals surface area contributed by atoms with Gasteiger partial charge in [-0.1, -0.05) is 17.7 Å². The van der Waals surface area contributed by atoms with Crippen molar-refractivity contribution in [3.63, 3.8) is 0 Å². The summed E-state index contributed by atoms with van der Waals surface area (Å²) in [5.41, 5.74) is 6.15. The van der Waals surface area contributed by atoms with Crippen LogP contribution >= 0.6 is 11.6 Å². The van der Waals surface area contributed by atoms with Crippen molar-refractivity contribution in [3.8, 4) is 0 Å². The number of nitrogens with zero attached hydrogens (tertiary/aromatic N) is 1. The highest BCUT2D eigenvalue weighted by atomic mass is 35.5.